The summed E-state index contributed by atoms with van der Waals surface area (Å²) < 4.78 is 0. The third-order valence-electron chi connectivity index (χ3n) is 3.26. The molecule has 0 radical (unpaired) electrons. The second-order valence-electron chi connectivity index (χ2n) is 4.74. The van der Waals surface area contributed by atoms with Crippen LogP contribution in [0.1, 0.15) is 30.1 Å². The van der Waals surface area contributed by atoms with Gasteiger partial charge in [0.25, 0.3) is 5.91 Å². The van der Waals surface area contributed by atoms with Gasteiger partial charge in [0.15, 0.2) is 0 Å². The van der Waals surface area contributed by atoms with E-state index in [4.69, 9.17) is 18.0 Å². The molecule has 0 aromatic heterocycles. The van der Waals surface area contributed by atoms with Crippen LogP contribution in [0.4, 0.5) is 0 Å². The van der Waals surface area contributed by atoms with Gasteiger partial charge in [0.05, 0.1) is 11.0 Å². The maximum atomic E-state index is 12.4. The van der Waals surface area contributed by atoms with Crippen LogP contribution in [-0.2, 0) is 0 Å². The second kappa shape index (κ2) is 6.48. The van der Waals surface area contributed by atoms with E-state index in [1.54, 1.807) is 0 Å². The van der Waals surface area contributed by atoms with Crippen molar-refractivity contribution in [3.05, 3.63) is 48.0 Å². The Morgan fingerprint density at radius 2 is 1.95 bits per heavy atom. The Morgan fingerprint density at radius 3 is 2.65 bits per heavy atom. The molecule has 0 aliphatic heterocycles. The Bertz CT molecular complexity index is 634. The van der Waals surface area contributed by atoms with E-state index >= 15 is 0 Å². The van der Waals surface area contributed by atoms with E-state index in [0.717, 1.165) is 23.6 Å². The van der Waals surface area contributed by atoms with Crippen LogP contribution in [0, 0.1) is 0 Å². The summed E-state index contributed by atoms with van der Waals surface area (Å²) in [5, 5.41) is 4.90. The van der Waals surface area contributed by atoms with Crippen molar-refractivity contribution in [2.45, 2.75) is 25.8 Å². The van der Waals surface area contributed by atoms with Crippen molar-refractivity contribution in [3.63, 3.8) is 0 Å². The van der Waals surface area contributed by atoms with Gasteiger partial charge in [-0.15, -0.1) is 0 Å². The van der Waals surface area contributed by atoms with Crippen molar-refractivity contribution in [3.8, 4) is 0 Å². The number of amides is 1. The predicted octanol–water partition coefficient (Wildman–Crippen LogP) is 3.02. The molecule has 0 heterocycles. The highest BCUT2D eigenvalue weighted by Crippen LogP contribution is 2.18. The van der Waals surface area contributed by atoms with Gasteiger partial charge >= 0.3 is 0 Å². The van der Waals surface area contributed by atoms with Gasteiger partial charge in [-0.2, -0.15) is 0 Å². The van der Waals surface area contributed by atoms with E-state index in [1.165, 1.54) is 0 Å². The molecule has 1 amide bonds. The molecule has 3 N–H and O–H groups in total. The number of benzene rings is 2. The summed E-state index contributed by atoms with van der Waals surface area (Å²) in [5.74, 6) is -0.131. The molecule has 0 aliphatic rings. The van der Waals surface area contributed by atoms with E-state index < -0.39 is 0 Å². The molecule has 0 saturated carbocycles. The quantitative estimate of drug-likeness (QED) is 0.831. The second-order valence-corrected chi connectivity index (χ2v) is 5.22. The molecule has 1 unspecified atom stereocenters. The maximum absolute atomic E-state index is 12.4. The molecule has 0 bridgehead atoms. The lowest BCUT2D eigenvalue weighted by Gasteiger charge is -2.17. The number of carbonyl (C=O) groups excluding carboxylic acids is 1. The molecule has 2 rings (SSSR count). The average molecular weight is 286 g/mol. The van der Waals surface area contributed by atoms with Gasteiger partial charge in [0.2, 0.25) is 0 Å². The number of nitrogens with one attached hydrogen (secondary N) is 1. The summed E-state index contributed by atoms with van der Waals surface area (Å²) in [7, 11) is 0. The summed E-state index contributed by atoms with van der Waals surface area (Å²) in [5.41, 5.74) is 6.33. The van der Waals surface area contributed by atoms with Gasteiger partial charge in [0.1, 0.15) is 0 Å². The number of carbonyl (C=O) groups is 1. The van der Waals surface area contributed by atoms with Crippen LogP contribution in [0.3, 0.4) is 0 Å². The smallest absolute Gasteiger partial charge is 0.252 e. The normalized spacial score (nSPS) is 12.1. The summed E-state index contributed by atoms with van der Waals surface area (Å²) >= 11 is 5.01. The fourth-order valence-corrected chi connectivity index (χ4v) is 2.41. The molecular weight excluding hydrogens is 268 g/mol. The molecule has 3 nitrogen and oxygen atoms in total. The fraction of sp³-hybridized carbons (Fsp3) is 0.250. The number of hydrogen-bond donors (Lipinski definition) is 2. The molecule has 0 saturated heterocycles. The van der Waals surface area contributed by atoms with Crippen molar-refractivity contribution in [2.24, 2.45) is 5.73 Å². The van der Waals surface area contributed by atoms with E-state index in [0.29, 0.717) is 10.6 Å². The molecule has 4 heteroatoms. The Labute approximate surface area is 124 Å². The van der Waals surface area contributed by atoms with Crippen LogP contribution in [0.2, 0.25) is 0 Å². The molecule has 0 fully saturated rings. The van der Waals surface area contributed by atoms with Crippen LogP contribution in [0.15, 0.2) is 42.5 Å². The van der Waals surface area contributed by atoms with E-state index in [1.807, 2.05) is 49.4 Å². The Balaban J connectivity index is 2.29. The predicted molar refractivity (Wildman–Crippen MR) is 86.9 cm³/mol. The number of hydrogen-bond acceptors (Lipinski definition) is 2. The summed E-state index contributed by atoms with van der Waals surface area (Å²) in [4.78, 5) is 12.8. The van der Waals surface area contributed by atoms with Gasteiger partial charge in [-0.25, -0.2) is 0 Å². The zero-order valence-corrected chi connectivity index (χ0v) is 12.2. The van der Waals surface area contributed by atoms with Crippen molar-refractivity contribution in [1.29, 1.82) is 0 Å². The van der Waals surface area contributed by atoms with Crippen molar-refractivity contribution in [2.75, 3.05) is 0 Å². The average Bonchev–Trinajstić information content (AvgIpc) is 2.46. The molecule has 2 aromatic carbocycles. The molecule has 2 aromatic rings. The van der Waals surface area contributed by atoms with Crippen LogP contribution in [-0.4, -0.2) is 16.9 Å². The monoisotopic (exact) mass is 286 g/mol. The minimum Gasteiger partial charge on any atom is -0.392 e. The first-order valence-electron chi connectivity index (χ1n) is 6.71. The van der Waals surface area contributed by atoms with Crippen LogP contribution in [0.5, 0.6) is 0 Å². The van der Waals surface area contributed by atoms with Crippen LogP contribution < -0.4 is 11.1 Å². The lowest BCUT2D eigenvalue weighted by atomic mass is 10.0. The summed E-state index contributed by atoms with van der Waals surface area (Å²) in [6.45, 7) is 2.04. The zero-order valence-electron chi connectivity index (χ0n) is 11.4. The third kappa shape index (κ3) is 3.14. The third-order valence-corrected chi connectivity index (χ3v) is 3.54. The van der Waals surface area contributed by atoms with Gasteiger partial charge < -0.3 is 11.1 Å². The molecule has 0 spiro atoms. The fourth-order valence-electron chi connectivity index (χ4n) is 2.23. The lowest BCUT2D eigenvalue weighted by Crippen LogP contribution is -2.43. The highest BCUT2D eigenvalue weighted by atomic mass is 32.1. The van der Waals surface area contributed by atoms with Crippen molar-refractivity contribution in [1.82, 2.24) is 5.32 Å². The Hall–Kier alpha value is -1.94. The highest BCUT2D eigenvalue weighted by molar-refractivity contribution is 7.80. The standard InChI is InChI=1S/C16H18N2OS/c1-2-6-14(15(17)20)18-16(19)13-10-5-8-11-7-3-4-9-12(11)13/h3-5,7-10,14H,2,6H2,1H3,(H2,17,20)(H,18,19). The van der Waals surface area contributed by atoms with E-state index in [2.05, 4.69) is 5.32 Å². The lowest BCUT2D eigenvalue weighted by molar-refractivity contribution is 0.0947. The zero-order chi connectivity index (χ0) is 14.5. The summed E-state index contributed by atoms with van der Waals surface area (Å²) in [6, 6.07) is 13.3. The van der Waals surface area contributed by atoms with Gasteiger partial charge in [-0.1, -0.05) is 62.0 Å². The molecular formula is C16H18N2OS. The number of nitrogens with two attached hydrogens (primary N) is 1. The number of fused-ring (bicyclic) bond motifs is 1. The molecule has 104 valence electrons. The minimum absolute atomic E-state index is 0.131. The van der Waals surface area contributed by atoms with E-state index in [9.17, 15) is 4.79 Å². The first kappa shape index (κ1) is 14.5. The van der Waals surface area contributed by atoms with Gasteiger partial charge in [-0.05, 0) is 23.3 Å². The minimum atomic E-state index is -0.249. The largest absolute Gasteiger partial charge is 0.392 e. The maximum Gasteiger partial charge on any atom is 0.252 e. The molecule has 1 atom stereocenters. The first-order valence-corrected chi connectivity index (χ1v) is 7.12. The topological polar surface area (TPSA) is 55.1 Å². The summed E-state index contributed by atoms with van der Waals surface area (Å²) in [6.07, 6.45) is 1.67. The van der Waals surface area contributed by atoms with Gasteiger partial charge in [-0.3, -0.25) is 4.79 Å². The number of thiocarbonyl (C=S) groups is 1. The molecule has 20 heavy (non-hydrogen) atoms. The molecule has 0 aliphatic carbocycles. The highest BCUT2D eigenvalue weighted by Gasteiger charge is 2.16. The van der Waals surface area contributed by atoms with Crippen molar-refractivity contribution < 1.29 is 4.79 Å². The van der Waals surface area contributed by atoms with Gasteiger partial charge in [0, 0.05) is 5.56 Å². The van der Waals surface area contributed by atoms with Crippen LogP contribution >= 0.6 is 12.2 Å². The van der Waals surface area contributed by atoms with E-state index in [-0.39, 0.29) is 11.9 Å². The Kier molecular flexibility index (Phi) is 4.69. The first-order chi connectivity index (χ1) is 9.63. The van der Waals surface area contributed by atoms with Crippen LogP contribution in [0.25, 0.3) is 10.8 Å². The Morgan fingerprint density at radius 1 is 1.25 bits per heavy atom. The van der Waals surface area contributed by atoms with Crippen molar-refractivity contribution >= 4 is 33.9 Å². The SMILES string of the molecule is CCCC(NC(=O)c1cccc2ccccc12)C(N)=S. The number of rotatable bonds is 5.